The number of carbonyl (C=O) groups excluding carboxylic acids is 1. The molecule has 0 spiro atoms. The van der Waals surface area contributed by atoms with Gasteiger partial charge in [0.1, 0.15) is 17.5 Å². The van der Waals surface area contributed by atoms with Gasteiger partial charge in [-0.3, -0.25) is 9.69 Å². The number of hydrogen-bond donors (Lipinski definition) is 2. The summed E-state index contributed by atoms with van der Waals surface area (Å²) in [5, 5.41) is 18.6. The molecule has 1 aliphatic heterocycles. The Balaban J connectivity index is 2.50. The minimum absolute atomic E-state index is 0.0442. The van der Waals surface area contributed by atoms with Crippen LogP contribution in [-0.2, 0) is 9.59 Å². The van der Waals surface area contributed by atoms with Crippen molar-refractivity contribution < 1.29 is 24.5 Å². The zero-order chi connectivity index (χ0) is 13.3. The van der Waals surface area contributed by atoms with E-state index in [9.17, 15) is 14.7 Å². The van der Waals surface area contributed by atoms with Gasteiger partial charge in [0.15, 0.2) is 6.61 Å². The molecular weight excluding hydrogens is 238 g/mol. The number of fused-ring (bicyclic) bond motifs is 1. The fourth-order valence-electron chi connectivity index (χ4n) is 1.97. The van der Waals surface area contributed by atoms with Crippen molar-refractivity contribution in [1.29, 1.82) is 0 Å². The molecule has 1 atom stereocenters. The predicted molar refractivity (Wildman–Crippen MR) is 62.8 cm³/mol. The van der Waals surface area contributed by atoms with Crippen LogP contribution >= 0.6 is 0 Å². The molecule has 1 heterocycles. The van der Waals surface area contributed by atoms with E-state index in [0.29, 0.717) is 11.4 Å². The zero-order valence-corrected chi connectivity index (χ0v) is 9.79. The number of ether oxygens (including phenoxy) is 1. The number of carbonyl (C=O) groups is 2. The average Bonchev–Trinajstić information content (AvgIpc) is 2.32. The fraction of sp³-hybridized carbons (Fsp3) is 0.333. The first-order chi connectivity index (χ1) is 8.54. The largest absolute Gasteiger partial charge is 0.508 e. The van der Waals surface area contributed by atoms with Gasteiger partial charge in [0.2, 0.25) is 0 Å². The molecule has 6 heteroatoms. The van der Waals surface area contributed by atoms with Crippen molar-refractivity contribution in [1.82, 2.24) is 0 Å². The monoisotopic (exact) mass is 251 g/mol. The third kappa shape index (κ3) is 1.97. The highest BCUT2D eigenvalue weighted by Crippen LogP contribution is 2.36. The third-order valence-electron chi connectivity index (χ3n) is 2.81. The van der Waals surface area contributed by atoms with E-state index in [2.05, 4.69) is 0 Å². The third-order valence-corrected chi connectivity index (χ3v) is 2.81. The molecule has 18 heavy (non-hydrogen) atoms. The van der Waals surface area contributed by atoms with Crippen LogP contribution in [0, 0.1) is 0 Å². The van der Waals surface area contributed by atoms with Gasteiger partial charge in [-0.05, 0) is 18.6 Å². The first kappa shape index (κ1) is 12.2. The van der Waals surface area contributed by atoms with E-state index in [4.69, 9.17) is 9.84 Å². The van der Waals surface area contributed by atoms with Crippen molar-refractivity contribution >= 4 is 17.6 Å². The molecule has 0 saturated heterocycles. The highest BCUT2D eigenvalue weighted by Gasteiger charge is 2.34. The summed E-state index contributed by atoms with van der Waals surface area (Å²) in [6.45, 7) is 1.49. The summed E-state index contributed by atoms with van der Waals surface area (Å²) in [7, 11) is 0. The Labute approximate surface area is 103 Å². The van der Waals surface area contributed by atoms with Crippen LogP contribution in [0.2, 0.25) is 0 Å². The molecule has 0 aliphatic carbocycles. The van der Waals surface area contributed by atoms with Gasteiger partial charge in [-0.2, -0.15) is 0 Å². The molecule has 0 fully saturated rings. The van der Waals surface area contributed by atoms with Crippen LogP contribution in [0.4, 0.5) is 5.69 Å². The highest BCUT2D eigenvalue weighted by atomic mass is 16.5. The normalized spacial score (nSPS) is 15.8. The minimum atomic E-state index is -1.08. The number of phenols is 1. The molecular formula is C12H13NO5. The van der Waals surface area contributed by atoms with Crippen LogP contribution in [0.15, 0.2) is 18.2 Å². The maximum Gasteiger partial charge on any atom is 0.326 e. The Kier molecular flexibility index (Phi) is 3.10. The van der Waals surface area contributed by atoms with Gasteiger partial charge in [0.25, 0.3) is 5.91 Å². The van der Waals surface area contributed by atoms with E-state index in [-0.39, 0.29) is 18.8 Å². The van der Waals surface area contributed by atoms with E-state index < -0.39 is 17.9 Å². The molecule has 1 aliphatic rings. The second kappa shape index (κ2) is 4.56. The van der Waals surface area contributed by atoms with Crippen molar-refractivity contribution in [2.24, 2.45) is 0 Å². The summed E-state index contributed by atoms with van der Waals surface area (Å²) in [6.07, 6.45) is 0.274. The first-order valence-electron chi connectivity index (χ1n) is 5.55. The maximum absolute atomic E-state index is 11.8. The molecule has 0 saturated carbocycles. The van der Waals surface area contributed by atoms with Gasteiger partial charge in [0, 0.05) is 6.07 Å². The second-order valence-corrected chi connectivity index (χ2v) is 3.97. The molecule has 1 unspecified atom stereocenters. The SMILES string of the molecule is CCC(C(=O)O)N1C(=O)COc2ccc(O)cc21. The summed E-state index contributed by atoms with van der Waals surface area (Å²) in [4.78, 5) is 24.2. The average molecular weight is 251 g/mol. The molecule has 1 amide bonds. The summed E-state index contributed by atoms with van der Waals surface area (Å²) in [5.41, 5.74) is 0.292. The van der Waals surface area contributed by atoms with Crippen LogP contribution in [0.1, 0.15) is 13.3 Å². The fourth-order valence-corrected chi connectivity index (χ4v) is 1.97. The lowest BCUT2D eigenvalue weighted by Gasteiger charge is -2.33. The van der Waals surface area contributed by atoms with Gasteiger partial charge in [0.05, 0.1) is 5.69 Å². The van der Waals surface area contributed by atoms with Crippen LogP contribution < -0.4 is 9.64 Å². The van der Waals surface area contributed by atoms with Crippen LogP contribution in [0.25, 0.3) is 0 Å². The molecule has 96 valence electrons. The number of amides is 1. The van der Waals surface area contributed by atoms with Crippen LogP contribution in [-0.4, -0.2) is 34.7 Å². The predicted octanol–water partition coefficient (Wildman–Crippen LogP) is 0.981. The number of carboxylic acid groups (broad SMARTS) is 1. The van der Waals surface area contributed by atoms with Crippen molar-refractivity contribution in [2.75, 3.05) is 11.5 Å². The molecule has 2 N–H and O–H groups in total. The Morgan fingerprint density at radius 3 is 2.89 bits per heavy atom. The van der Waals surface area contributed by atoms with E-state index in [1.807, 2.05) is 0 Å². The smallest absolute Gasteiger partial charge is 0.326 e. The number of aliphatic carboxylic acids is 1. The van der Waals surface area contributed by atoms with E-state index in [1.165, 1.54) is 23.1 Å². The molecule has 2 rings (SSSR count). The Morgan fingerprint density at radius 1 is 1.56 bits per heavy atom. The summed E-state index contributed by atoms with van der Waals surface area (Å²) < 4.78 is 5.20. The standard InChI is InChI=1S/C12H13NO5/c1-2-8(12(16)17)13-9-5-7(14)3-4-10(9)18-6-11(13)15/h3-5,8,14H,2,6H2,1H3,(H,16,17). The van der Waals surface area contributed by atoms with Crippen LogP contribution in [0.3, 0.4) is 0 Å². The van der Waals surface area contributed by atoms with Crippen molar-refractivity contribution in [3.8, 4) is 11.5 Å². The lowest BCUT2D eigenvalue weighted by Crippen LogP contribution is -2.49. The molecule has 1 aromatic rings. The Hall–Kier alpha value is -2.24. The van der Waals surface area contributed by atoms with Crippen molar-refractivity contribution in [3.05, 3.63) is 18.2 Å². The number of anilines is 1. The highest BCUT2D eigenvalue weighted by molar-refractivity contribution is 6.02. The number of benzene rings is 1. The Morgan fingerprint density at radius 2 is 2.28 bits per heavy atom. The summed E-state index contributed by atoms with van der Waals surface area (Å²) in [6, 6.07) is 3.31. The first-order valence-corrected chi connectivity index (χ1v) is 5.55. The van der Waals surface area contributed by atoms with Gasteiger partial charge in [-0.25, -0.2) is 4.79 Å². The van der Waals surface area contributed by atoms with Gasteiger partial charge in [-0.15, -0.1) is 0 Å². The van der Waals surface area contributed by atoms with E-state index >= 15 is 0 Å². The number of phenolic OH excluding ortho intramolecular Hbond substituents is 1. The summed E-state index contributed by atoms with van der Waals surface area (Å²) >= 11 is 0. The van der Waals surface area contributed by atoms with Crippen molar-refractivity contribution in [3.63, 3.8) is 0 Å². The number of carboxylic acids is 1. The zero-order valence-electron chi connectivity index (χ0n) is 9.79. The number of hydrogen-bond acceptors (Lipinski definition) is 4. The lowest BCUT2D eigenvalue weighted by atomic mass is 10.1. The Bertz CT molecular complexity index is 499. The molecule has 0 radical (unpaired) electrons. The van der Waals surface area contributed by atoms with Gasteiger partial charge >= 0.3 is 5.97 Å². The van der Waals surface area contributed by atoms with Crippen LogP contribution in [0.5, 0.6) is 11.5 Å². The summed E-state index contributed by atoms with van der Waals surface area (Å²) in [5.74, 6) is -1.16. The second-order valence-electron chi connectivity index (χ2n) is 3.97. The van der Waals surface area contributed by atoms with Gasteiger partial charge in [-0.1, -0.05) is 6.92 Å². The lowest BCUT2D eigenvalue weighted by molar-refractivity contribution is -0.140. The van der Waals surface area contributed by atoms with Crippen molar-refractivity contribution in [2.45, 2.75) is 19.4 Å². The maximum atomic E-state index is 11.8. The van der Waals surface area contributed by atoms with Gasteiger partial charge < -0.3 is 14.9 Å². The molecule has 0 bridgehead atoms. The van der Waals surface area contributed by atoms with E-state index in [1.54, 1.807) is 6.92 Å². The quantitative estimate of drug-likeness (QED) is 0.836. The molecule has 1 aromatic carbocycles. The number of aromatic hydroxyl groups is 1. The molecule has 0 aromatic heterocycles. The van der Waals surface area contributed by atoms with E-state index in [0.717, 1.165) is 0 Å². The minimum Gasteiger partial charge on any atom is -0.508 e. The topological polar surface area (TPSA) is 87.1 Å². The number of nitrogens with zero attached hydrogens (tertiary/aromatic N) is 1. The number of rotatable bonds is 3. The molecule has 6 nitrogen and oxygen atoms in total.